The van der Waals surface area contributed by atoms with Gasteiger partial charge in [0.1, 0.15) is 0 Å². The number of amides is 1. The van der Waals surface area contributed by atoms with Gasteiger partial charge >= 0.3 is 5.97 Å². The topological polar surface area (TPSA) is 66.4 Å². The van der Waals surface area contributed by atoms with Crippen LogP contribution in [0.4, 0.5) is 5.69 Å². The van der Waals surface area contributed by atoms with E-state index in [-0.39, 0.29) is 23.2 Å². The fourth-order valence-corrected chi connectivity index (χ4v) is 4.62. The van der Waals surface area contributed by atoms with Crippen molar-refractivity contribution in [1.82, 2.24) is 0 Å². The quantitative estimate of drug-likeness (QED) is 0.843. The maximum atomic E-state index is 12.8. The second-order valence-electron chi connectivity index (χ2n) is 6.86. The SMILES string of the molecule is Cc1ccccc1NC(=O)[C@@H]1[C@H](C(=O)O)[C@H]2C=C[C@H]1C21CC1. The molecule has 4 rings (SSSR count). The van der Waals surface area contributed by atoms with Gasteiger partial charge in [-0.2, -0.15) is 0 Å². The first-order chi connectivity index (χ1) is 10.5. The lowest BCUT2D eigenvalue weighted by atomic mass is 9.82. The Kier molecular flexibility index (Phi) is 2.74. The van der Waals surface area contributed by atoms with E-state index in [4.69, 9.17) is 0 Å². The summed E-state index contributed by atoms with van der Waals surface area (Å²) in [5.74, 6) is -1.90. The Morgan fingerprint density at radius 2 is 1.77 bits per heavy atom. The molecule has 4 nitrogen and oxygen atoms in total. The highest BCUT2D eigenvalue weighted by atomic mass is 16.4. The van der Waals surface area contributed by atoms with Crippen molar-refractivity contribution in [3.63, 3.8) is 0 Å². The number of carboxylic acids is 1. The van der Waals surface area contributed by atoms with Crippen LogP contribution in [0.2, 0.25) is 0 Å². The molecule has 0 radical (unpaired) electrons. The number of anilines is 1. The molecule has 22 heavy (non-hydrogen) atoms. The van der Waals surface area contributed by atoms with Gasteiger partial charge < -0.3 is 10.4 Å². The summed E-state index contributed by atoms with van der Waals surface area (Å²) in [4.78, 5) is 24.5. The molecule has 2 bridgehead atoms. The van der Waals surface area contributed by atoms with Gasteiger partial charge in [-0.1, -0.05) is 30.4 Å². The lowest BCUT2D eigenvalue weighted by molar-refractivity contribution is -0.146. The van der Waals surface area contributed by atoms with Crippen LogP contribution in [-0.2, 0) is 9.59 Å². The number of carboxylic acid groups (broad SMARTS) is 1. The molecule has 4 atom stereocenters. The first-order valence-corrected chi connectivity index (χ1v) is 7.82. The molecule has 0 aliphatic heterocycles. The average molecular weight is 297 g/mol. The van der Waals surface area contributed by atoms with Crippen molar-refractivity contribution in [2.24, 2.45) is 29.1 Å². The first-order valence-electron chi connectivity index (χ1n) is 7.82. The van der Waals surface area contributed by atoms with E-state index < -0.39 is 17.8 Å². The van der Waals surface area contributed by atoms with Crippen LogP contribution in [0.25, 0.3) is 0 Å². The van der Waals surface area contributed by atoms with Crippen molar-refractivity contribution < 1.29 is 14.7 Å². The Morgan fingerprint density at radius 1 is 1.14 bits per heavy atom. The van der Waals surface area contributed by atoms with E-state index in [0.717, 1.165) is 24.1 Å². The highest BCUT2D eigenvalue weighted by Crippen LogP contribution is 2.72. The van der Waals surface area contributed by atoms with Gasteiger partial charge in [-0.15, -0.1) is 0 Å². The van der Waals surface area contributed by atoms with Crippen molar-refractivity contribution >= 4 is 17.6 Å². The zero-order valence-electron chi connectivity index (χ0n) is 12.5. The van der Waals surface area contributed by atoms with Gasteiger partial charge in [0.05, 0.1) is 11.8 Å². The minimum Gasteiger partial charge on any atom is -0.481 e. The number of hydrogen-bond acceptors (Lipinski definition) is 2. The Balaban J connectivity index is 1.64. The summed E-state index contributed by atoms with van der Waals surface area (Å²) in [5, 5.41) is 12.6. The zero-order valence-corrected chi connectivity index (χ0v) is 12.5. The van der Waals surface area contributed by atoms with Crippen LogP contribution in [-0.4, -0.2) is 17.0 Å². The number of nitrogens with one attached hydrogen (secondary N) is 1. The fourth-order valence-electron chi connectivity index (χ4n) is 4.62. The molecule has 1 aromatic rings. The largest absolute Gasteiger partial charge is 0.481 e. The third kappa shape index (κ3) is 1.70. The molecule has 0 aromatic heterocycles. The molecular weight excluding hydrogens is 278 g/mol. The number of aliphatic carboxylic acids is 1. The number of carbonyl (C=O) groups is 2. The Labute approximate surface area is 129 Å². The minimum absolute atomic E-state index is 0.0302. The lowest BCUT2D eigenvalue weighted by Gasteiger charge is -2.24. The van der Waals surface area contributed by atoms with Gasteiger partial charge in [0, 0.05) is 5.69 Å². The van der Waals surface area contributed by atoms with Crippen LogP contribution < -0.4 is 5.32 Å². The van der Waals surface area contributed by atoms with Crippen molar-refractivity contribution in [3.8, 4) is 0 Å². The molecule has 4 heteroatoms. The van der Waals surface area contributed by atoms with Crippen molar-refractivity contribution in [1.29, 1.82) is 0 Å². The van der Waals surface area contributed by atoms with Gasteiger partial charge in [0.15, 0.2) is 0 Å². The van der Waals surface area contributed by atoms with Gasteiger partial charge in [0.2, 0.25) is 5.91 Å². The minimum atomic E-state index is -0.840. The molecule has 2 N–H and O–H groups in total. The van der Waals surface area contributed by atoms with Gasteiger partial charge in [-0.25, -0.2) is 0 Å². The third-order valence-electron chi connectivity index (χ3n) is 5.83. The molecule has 1 aromatic carbocycles. The molecule has 3 aliphatic carbocycles. The number of rotatable bonds is 3. The van der Waals surface area contributed by atoms with Crippen LogP contribution in [0.15, 0.2) is 36.4 Å². The van der Waals surface area contributed by atoms with Crippen LogP contribution in [0.5, 0.6) is 0 Å². The van der Waals surface area contributed by atoms with E-state index in [1.54, 1.807) is 0 Å². The summed E-state index contributed by atoms with van der Waals surface area (Å²) in [6, 6.07) is 7.59. The summed E-state index contributed by atoms with van der Waals surface area (Å²) < 4.78 is 0. The Morgan fingerprint density at radius 3 is 2.36 bits per heavy atom. The number of carbonyl (C=O) groups excluding carboxylic acids is 1. The highest BCUT2D eigenvalue weighted by molar-refractivity contribution is 5.97. The van der Waals surface area contributed by atoms with Gasteiger partial charge in [-0.3, -0.25) is 9.59 Å². The third-order valence-corrected chi connectivity index (χ3v) is 5.83. The molecule has 1 amide bonds. The van der Waals surface area contributed by atoms with E-state index in [1.165, 1.54) is 0 Å². The number of benzene rings is 1. The Hall–Kier alpha value is -2.10. The molecule has 0 saturated heterocycles. The second-order valence-corrected chi connectivity index (χ2v) is 6.86. The average Bonchev–Trinajstić information content (AvgIpc) is 3.15. The number of allylic oxidation sites excluding steroid dienone is 2. The van der Waals surface area contributed by atoms with Crippen LogP contribution in [0.1, 0.15) is 18.4 Å². The molecular formula is C18H19NO3. The summed E-state index contributed by atoms with van der Waals surface area (Å²) in [5.41, 5.74) is 1.83. The van der Waals surface area contributed by atoms with E-state index in [1.807, 2.05) is 37.3 Å². The number of aryl methyl sites for hydroxylation is 1. The van der Waals surface area contributed by atoms with Crippen molar-refractivity contribution in [2.45, 2.75) is 19.8 Å². The first kappa shape index (κ1) is 13.6. The summed E-state index contributed by atoms with van der Waals surface area (Å²) in [6.07, 6.45) is 6.22. The predicted molar refractivity (Wildman–Crippen MR) is 82.2 cm³/mol. The highest BCUT2D eigenvalue weighted by Gasteiger charge is 2.70. The van der Waals surface area contributed by atoms with Gasteiger partial charge in [0.25, 0.3) is 0 Å². The maximum absolute atomic E-state index is 12.8. The standard InChI is InChI=1S/C18H19NO3/c1-10-4-2-3-5-13(10)19-16(20)14-11-6-7-12(15(14)17(21)22)18(11)8-9-18/h2-7,11-12,14-15H,8-9H2,1H3,(H,19,20)(H,21,22)/t11-,12-,14+,15-/m1/s1. The summed E-state index contributed by atoms with van der Waals surface area (Å²) in [6.45, 7) is 1.94. The van der Waals surface area contributed by atoms with E-state index in [0.29, 0.717) is 0 Å². The summed E-state index contributed by atoms with van der Waals surface area (Å²) in [7, 11) is 0. The number of para-hydroxylation sites is 1. The number of hydrogen-bond donors (Lipinski definition) is 2. The normalized spacial score (nSPS) is 33.1. The molecule has 0 heterocycles. The lowest BCUT2D eigenvalue weighted by Crippen LogP contribution is -2.36. The van der Waals surface area contributed by atoms with E-state index >= 15 is 0 Å². The second kappa shape index (κ2) is 4.45. The van der Waals surface area contributed by atoms with Gasteiger partial charge in [-0.05, 0) is 48.6 Å². The molecule has 2 fully saturated rings. The molecule has 114 valence electrons. The monoisotopic (exact) mass is 297 g/mol. The predicted octanol–water partition coefficient (Wildman–Crippen LogP) is 2.85. The molecule has 0 unspecified atom stereocenters. The Bertz CT molecular complexity index is 689. The van der Waals surface area contributed by atoms with Crippen LogP contribution >= 0.6 is 0 Å². The maximum Gasteiger partial charge on any atom is 0.307 e. The summed E-state index contributed by atoms with van der Waals surface area (Å²) >= 11 is 0. The smallest absolute Gasteiger partial charge is 0.307 e. The van der Waals surface area contributed by atoms with E-state index in [2.05, 4.69) is 11.4 Å². The fraction of sp³-hybridized carbons (Fsp3) is 0.444. The van der Waals surface area contributed by atoms with Crippen LogP contribution in [0.3, 0.4) is 0 Å². The zero-order chi connectivity index (χ0) is 15.5. The van der Waals surface area contributed by atoms with Crippen molar-refractivity contribution in [2.75, 3.05) is 5.32 Å². The van der Waals surface area contributed by atoms with E-state index in [9.17, 15) is 14.7 Å². The molecule has 2 saturated carbocycles. The molecule has 1 spiro atoms. The molecule has 3 aliphatic rings. The van der Waals surface area contributed by atoms with Crippen molar-refractivity contribution in [3.05, 3.63) is 42.0 Å². The van der Waals surface area contributed by atoms with Crippen LogP contribution in [0, 0.1) is 36.0 Å².